The van der Waals surface area contributed by atoms with Crippen molar-refractivity contribution in [2.45, 2.75) is 19.1 Å². The highest BCUT2D eigenvalue weighted by atomic mass is 16.5. The first-order chi connectivity index (χ1) is 12.1. The summed E-state index contributed by atoms with van der Waals surface area (Å²) in [5.74, 6) is -0.502. The number of hydrogen-bond donors (Lipinski definition) is 1. The highest BCUT2D eigenvalue weighted by Gasteiger charge is 2.40. The predicted molar refractivity (Wildman–Crippen MR) is 85.0 cm³/mol. The van der Waals surface area contributed by atoms with Crippen molar-refractivity contribution in [1.29, 1.82) is 0 Å². The summed E-state index contributed by atoms with van der Waals surface area (Å²) in [4.78, 5) is 16.2. The van der Waals surface area contributed by atoms with Crippen LogP contribution in [-0.2, 0) is 21.6 Å². The minimum Gasteiger partial charge on any atom is -0.461 e. The Morgan fingerprint density at radius 2 is 2.28 bits per heavy atom. The van der Waals surface area contributed by atoms with Gasteiger partial charge in [0.1, 0.15) is 11.2 Å². The monoisotopic (exact) mass is 343 g/mol. The van der Waals surface area contributed by atoms with Gasteiger partial charge in [-0.05, 0) is 13.0 Å². The summed E-state index contributed by atoms with van der Waals surface area (Å²) in [6.07, 6.45) is 5.24. The number of hydrogen-bond acceptors (Lipinski definition) is 7. The summed E-state index contributed by atoms with van der Waals surface area (Å²) in [6, 6.07) is 3.71. The average Bonchev–Trinajstić information content (AvgIpc) is 3.19. The molecule has 3 aromatic heterocycles. The molecule has 25 heavy (non-hydrogen) atoms. The van der Waals surface area contributed by atoms with Crippen LogP contribution in [0.1, 0.15) is 28.7 Å². The first kappa shape index (κ1) is 15.7. The van der Waals surface area contributed by atoms with Crippen molar-refractivity contribution >= 4 is 11.6 Å². The number of pyridine rings is 1. The minimum absolute atomic E-state index is 0.159. The Labute approximate surface area is 142 Å². The van der Waals surface area contributed by atoms with E-state index in [0.717, 1.165) is 11.3 Å². The van der Waals surface area contributed by atoms with Gasteiger partial charge in [-0.1, -0.05) is 11.3 Å². The smallest absolute Gasteiger partial charge is 0.360 e. The number of carbonyl (C=O) groups excluding carboxylic acids is 1. The zero-order valence-electron chi connectivity index (χ0n) is 13.6. The molecule has 1 saturated heterocycles. The lowest BCUT2D eigenvalue weighted by atomic mass is 9.93. The van der Waals surface area contributed by atoms with Crippen LogP contribution < -0.4 is 0 Å². The number of aromatic nitrogens is 5. The number of esters is 1. The van der Waals surface area contributed by atoms with Gasteiger partial charge in [-0.25, -0.2) is 14.5 Å². The zero-order valence-corrected chi connectivity index (χ0v) is 13.6. The minimum atomic E-state index is -0.991. The van der Waals surface area contributed by atoms with Crippen molar-refractivity contribution in [3.8, 4) is 0 Å². The second kappa shape index (κ2) is 5.94. The van der Waals surface area contributed by atoms with Crippen LogP contribution >= 0.6 is 0 Å². The molecule has 1 fully saturated rings. The van der Waals surface area contributed by atoms with Gasteiger partial charge in [0, 0.05) is 18.0 Å². The van der Waals surface area contributed by atoms with E-state index in [9.17, 15) is 9.90 Å². The van der Waals surface area contributed by atoms with Crippen LogP contribution in [0.5, 0.6) is 0 Å². The molecule has 0 amide bonds. The van der Waals surface area contributed by atoms with Crippen molar-refractivity contribution in [1.82, 2.24) is 24.4 Å². The molecule has 3 aromatic rings. The van der Waals surface area contributed by atoms with Crippen LogP contribution in [0, 0.1) is 0 Å². The number of nitrogens with zero attached hydrogens (tertiary/aromatic N) is 5. The molecule has 0 aromatic carbocycles. The van der Waals surface area contributed by atoms with E-state index in [1.54, 1.807) is 6.92 Å². The first-order valence-corrected chi connectivity index (χ1v) is 7.93. The van der Waals surface area contributed by atoms with Gasteiger partial charge >= 0.3 is 5.97 Å². The SMILES string of the molecule is CCOC(=O)c1cn(Cc2cn3cccc(C4(O)COC4)c3n2)nn1. The van der Waals surface area contributed by atoms with E-state index in [2.05, 4.69) is 15.3 Å². The molecule has 4 heterocycles. The molecule has 4 rings (SSSR count). The molecular formula is C16H17N5O4. The maximum absolute atomic E-state index is 11.6. The maximum atomic E-state index is 11.6. The largest absolute Gasteiger partial charge is 0.461 e. The third-order valence-electron chi connectivity index (χ3n) is 4.06. The van der Waals surface area contributed by atoms with E-state index < -0.39 is 11.6 Å². The Morgan fingerprint density at radius 1 is 1.44 bits per heavy atom. The van der Waals surface area contributed by atoms with Crippen LogP contribution in [0.2, 0.25) is 0 Å². The summed E-state index contributed by atoms with van der Waals surface area (Å²) in [5, 5.41) is 18.3. The van der Waals surface area contributed by atoms with E-state index in [0.29, 0.717) is 12.2 Å². The van der Waals surface area contributed by atoms with Crippen molar-refractivity contribution < 1.29 is 19.4 Å². The topological polar surface area (TPSA) is 104 Å². The molecule has 0 aliphatic carbocycles. The molecule has 130 valence electrons. The molecule has 0 atom stereocenters. The van der Waals surface area contributed by atoms with Gasteiger partial charge in [0.05, 0.1) is 38.3 Å². The second-order valence-electron chi connectivity index (χ2n) is 5.93. The molecule has 9 heteroatoms. The fourth-order valence-corrected chi connectivity index (χ4v) is 2.79. The third kappa shape index (κ3) is 2.77. The van der Waals surface area contributed by atoms with Crippen molar-refractivity contribution in [3.05, 3.63) is 47.7 Å². The molecule has 1 N–H and O–H groups in total. The molecular weight excluding hydrogens is 326 g/mol. The third-order valence-corrected chi connectivity index (χ3v) is 4.06. The highest BCUT2D eigenvalue weighted by Crippen LogP contribution is 2.31. The Balaban J connectivity index is 1.60. The van der Waals surface area contributed by atoms with Gasteiger partial charge in [0.15, 0.2) is 5.69 Å². The lowest BCUT2D eigenvalue weighted by Crippen LogP contribution is -2.46. The summed E-state index contributed by atoms with van der Waals surface area (Å²) in [5.41, 5.74) is 1.31. The Bertz CT molecular complexity index is 928. The fraction of sp³-hybridized carbons (Fsp3) is 0.375. The molecule has 0 spiro atoms. The maximum Gasteiger partial charge on any atom is 0.360 e. The van der Waals surface area contributed by atoms with Gasteiger partial charge in [-0.15, -0.1) is 5.10 Å². The van der Waals surface area contributed by atoms with E-state index in [4.69, 9.17) is 9.47 Å². The van der Waals surface area contributed by atoms with Crippen LogP contribution in [0.4, 0.5) is 0 Å². The van der Waals surface area contributed by atoms with Crippen molar-refractivity contribution in [2.24, 2.45) is 0 Å². The molecule has 0 bridgehead atoms. The van der Waals surface area contributed by atoms with Gasteiger partial charge < -0.3 is 19.0 Å². The lowest BCUT2D eigenvalue weighted by molar-refractivity contribution is -0.184. The fourth-order valence-electron chi connectivity index (χ4n) is 2.79. The van der Waals surface area contributed by atoms with Crippen LogP contribution in [0.25, 0.3) is 5.65 Å². The normalized spacial score (nSPS) is 15.9. The molecule has 1 aliphatic heterocycles. The van der Waals surface area contributed by atoms with Gasteiger partial charge in [-0.2, -0.15) is 0 Å². The van der Waals surface area contributed by atoms with Crippen LogP contribution in [0.15, 0.2) is 30.7 Å². The van der Waals surface area contributed by atoms with E-state index in [-0.39, 0.29) is 25.5 Å². The summed E-state index contributed by atoms with van der Waals surface area (Å²) in [6.45, 7) is 2.90. The molecule has 9 nitrogen and oxygen atoms in total. The predicted octanol–water partition coefficient (Wildman–Crippen LogP) is 0.369. The zero-order chi connectivity index (χ0) is 17.4. The molecule has 1 aliphatic rings. The second-order valence-corrected chi connectivity index (χ2v) is 5.93. The number of ether oxygens (including phenoxy) is 2. The lowest BCUT2D eigenvalue weighted by Gasteiger charge is -2.36. The number of aliphatic hydroxyl groups is 1. The van der Waals surface area contributed by atoms with Crippen molar-refractivity contribution in [3.63, 3.8) is 0 Å². The molecule has 0 radical (unpaired) electrons. The number of rotatable bonds is 5. The van der Waals surface area contributed by atoms with Gasteiger partial charge in [-0.3, -0.25) is 0 Å². The number of fused-ring (bicyclic) bond motifs is 1. The van der Waals surface area contributed by atoms with E-state index >= 15 is 0 Å². The van der Waals surface area contributed by atoms with Crippen LogP contribution in [0.3, 0.4) is 0 Å². The highest BCUT2D eigenvalue weighted by molar-refractivity contribution is 5.86. The molecule has 0 saturated carbocycles. The Morgan fingerprint density at radius 3 is 3.00 bits per heavy atom. The van der Waals surface area contributed by atoms with Gasteiger partial charge in [0.2, 0.25) is 0 Å². The first-order valence-electron chi connectivity index (χ1n) is 7.93. The van der Waals surface area contributed by atoms with E-state index in [1.165, 1.54) is 10.9 Å². The van der Waals surface area contributed by atoms with E-state index in [1.807, 2.05) is 28.9 Å². The number of imidazole rings is 1. The summed E-state index contributed by atoms with van der Waals surface area (Å²) in [7, 11) is 0. The van der Waals surface area contributed by atoms with Crippen molar-refractivity contribution in [2.75, 3.05) is 19.8 Å². The van der Waals surface area contributed by atoms with Crippen LogP contribution in [-0.4, -0.2) is 55.3 Å². The Hall–Kier alpha value is -2.78. The van der Waals surface area contributed by atoms with Gasteiger partial charge in [0.25, 0.3) is 0 Å². The molecule has 0 unspecified atom stereocenters. The number of carbonyl (C=O) groups is 1. The standard InChI is InChI=1S/C16H17N5O4/c1-2-25-15(22)13-8-21(19-18-13)7-11-6-20-5-3-4-12(14(20)17-11)16(23)9-24-10-16/h3-6,8,23H,2,7,9-10H2,1H3. The Kier molecular flexibility index (Phi) is 3.74. The quantitative estimate of drug-likeness (QED) is 0.667. The average molecular weight is 343 g/mol. The summed E-state index contributed by atoms with van der Waals surface area (Å²) < 4.78 is 13.4. The summed E-state index contributed by atoms with van der Waals surface area (Å²) >= 11 is 0.